The maximum Gasteiger partial charge on any atom is 0.432 e. The Balaban J connectivity index is 3.35. The number of carbonyl (C=O) groups is 2. The van der Waals surface area contributed by atoms with E-state index in [0.717, 1.165) is 0 Å². The molecule has 0 saturated heterocycles. The molecule has 114 valence electrons. The van der Waals surface area contributed by atoms with Crippen LogP contribution in [-0.2, 0) is 14.3 Å². The minimum absolute atomic E-state index is 0.00660. The molecule has 0 saturated carbocycles. The van der Waals surface area contributed by atoms with Crippen LogP contribution in [0.1, 0.15) is 6.92 Å². The molecule has 1 aromatic rings. The van der Waals surface area contributed by atoms with Gasteiger partial charge in [0, 0.05) is 5.69 Å². The fourth-order valence-corrected chi connectivity index (χ4v) is 1.44. The first-order chi connectivity index (χ1) is 9.77. The number of rotatable bonds is 5. The van der Waals surface area contributed by atoms with Crippen LogP contribution in [-0.4, -0.2) is 29.8 Å². The van der Waals surface area contributed by atoms with Gasteiger partial charge in [0.05, 0.1) is 6.61 Å². The highest BCUT2D eigenvalue weighted by atomic mass is 19.4. The van der Waals surface area contributed by atoms with E-state index in [4.69, 9.17) is 5.11 Å². The first-order valence-electron chi connectivity index (χ1n) is 5.81. The number of carbonyl (C=O) groups excluding carboxylic acids is 1. The molecule has 8 heteroatoms. The van der Waals surface area contributed by atoms with Crippen LogP contribution < -0.4 is 5.32 Å². The summed E-state index contributed by atoms with van der Waals surface area (Å²) in [7, 11) is 0. The maximum absolute atomic E-state index is 13.0. The smallest absolute Gasteiger partial charge is 0.432 e. The Morgan fingerprint density at radius 2 is 1.81 bits per heavy atom. The van der Waals surface area contributed by atoms with Crippen molar-refractivity contribution >= 4 is 17.6 Å². The summed E-state index contributed by atoms with van der Waals surface area (Å²) in [5, 5.41) is 10.8. The van der Waals surface area contributed by atoms with Gasteiger partial charge in [0.1, 0.15) is 5.70 Å². The molecule has 0 unspecified atom stereocenters. The summed E-state index contributed by atoms with van der Waals surface area (Å²) in [6.45, 7) is 1.11. The zero-order valence-electron chi connectivity index (χ0n) is 10.9. The highest BCUT2D eigenvalue weighted by Gasteiger charge is 2.41. The number of halogens is 3. The lowest BCUT2D eigenvalue weighted by Gasteiger charge is -2.16. The number of anilines is 1. The van der Waals surface area contributed by atoms with E-state index in [2.05, 4.69) is 4.74 Å². The topological polar surface area (TPSA) is 75.6 Å². The summed E-state index contributed by atoms with van der Waals surface area (Å²) in [6.07, 6.45) is -5.06. The maximum atomic E-state index is 13.0. The number of ether oxygens (including phenoxy) is 1. The van der Waals surface area contributed by atoms with Gasteiger partial charge >= 0.3 is 18.1 Å². The largest absolute Gasteiger partial charge is 0.477 e. The van der Waals surface area contributed by atoms with Crippen molar-refractivity contribution in [1.82, 2.24) is 0 Å². The van der Waals surface area contributed by atoms with E-state index in [-0.39, 0.29) is 12.3 Å². The number of carboxylic acids is 1. The van der Waals surface area contributed by atoms with Gasteiger partial charge in [-0.3, -0.25) is 0 Å². The van der Waals surface area contributed by atoms with Crippen LogP contribution in [0, 0.1) is 0 Å². The molecule has 0 atom stereocenters. The predicted octanol–water partition coefficient (Wildman–Crippen LogP) is 2.56. The van der Waals surface area contributed by atoms with E-state index in [1.807, 2.05) is 5.32 Å². The third kappa shape index (κ3) is 4.51. The second kappa shape index (κ2) is 6.78. The van der Waals surface area contributed by atoms with E-state index in [1.165, 1.54) is 31.2 Å². The van der Waals surface area contributed by atoms with Crippen molar-refractivity contribution in [3.63, 3.8) is 0 Å². The van der Waals surface area contributed by atoms with E-state index in [0.29, 0.717) is 0 Å². The quantitative estimate of drug-likeness (QED) is 0.378. The fraction of sp³-hybridized carbons (Fsp3) is 0.231. The van der Waals surface area contributed by atoms with Crippen LogP contribution in [0.15, 0.2) is 41.6 Å². The molecule has 1 rings (SSSR count). The number of aliphatic carboxylic acids is 1. The molecule has 21 heavy (non-hydrogen) atoms. The third-order valence-electron chi connectivity index (χ3n) is 2.27. The summed E-state index contributed by atoms with van der Waals surface area (Å²) in [5.74, 6) is -3.58. The molecule has 5 nitrogen and oxygen atoms in total. The number of hydrogen-bond donors (Lipinski definition) is 2. The molecule has 0 aliphatic heterocycles. The molecule has 2 N–H and O–H groups in total. The number of benzene rings is 1. The monoisotopic (exact) mass is 303 g/mol. The Morgan fingerprint density at radius 3 is 2.24 bits per heavy atom. The lowest BCUT2D eigenvalue weighted by Crippen LogP contribution is -2.28. The van der Waals surface area contributed by atoms with Crippen molar-refractivity contribution in [2.45, 2.75) is 13.1 Å². The van der Waals surface area contributed by atoms with Crippen molar-refractivity contribution in [3.05, 3.63) is 41.6 Å². The molecule has 0 amide bonds. The van der Waals surface area contributed by atoms with Crippen molar-refractivity contribution in [1.29, 1.82) is 0 Å². The molecule has 1 aromatic carbocycles. The number of carboxylic acid groups (broad SMARTS) is 1. The van der Waals surface area contributed by atoms with Crippen LogP contribution in [0.4, 0.5) is 18.9 Å². The minimum Gasteiger partial charge on any atom is -0.477 e. The number of alkyl halides is 3. The summed E-state index contributed by atoms with van der Waals surface area (Å²) in [4.78, 5) is 22.5. The van der Waals surface area contributed by atoms with E-state index in [1.54, 1.807) is 6.07 Å². The lowest BCUT2D eigenvalue weighted by molar-refractivity contribution is -0.145. The van der Waals surface area contributed by atoms with Crippen LogP contribution in [0.25, 0.3) is 0 Å². The van der Waals surface area contributed by atoms with Gasteiger partial charge in [0.2, 0.25) is 0 Å². The first-order valence-corrected chi connectivity index (χ1v) is 5.81. The Morgan fingerprint density at radius 1 is 1.24 bits per heavy atom. The number of para-hydroxylation sites is 1. The normalized spacial score (nSPS) is 12.4. The van der Waals surface area contributed by atoms with Gasteiger partial charge in [-0.2, -0.15) is 13.2 Å². The molecule has 0 heterocycles. The zero-order valence-corrected chi connectivity index (χ0v) is 10.9. The van der Waals surface area contributed by atoms with Gasteiger partial charge < -0.3 is 15.2 Å². The van der Waals surface area contributed by atoms with Crippen LogP contribution >= 0.6 is 0 Å². The highest BCUT2D eigenvalue weighted by molar-refractivity contribution is 6.14. The van der Waals surface area contributed by atoms with E-state index >= 15 is 0 Å². The number of esters is 1. The molecule has 0 aliphatic rings. The van der Waals surface area contributed by atoms with Gasteiger partial charge in [-0.1, -0.05) is 18.2 Å². The van der Waals surface area contributed by atoms with Gasteiger partial charge in [0.25, 0.3) is 0 Å². The minimum atomic E-state index is -5.06. The molecular formula is C13H12F3NO4. The number of hydrogen-bond acceptors (Lipinski definition) is 4. The van der Waals surface area contributed by atoms with Gasteiger partial charge in [-0.25, -0.2) is 9.59 Å². The van der Waals surface area contributed by atoms with Gasteiger partial charge in [-0.15, -0.1) is 0 Å². The van der Waals surface area contributed by atoms with Crippen LogP contribution in [0.2, 0.25) is 0 Å². The molecule has 0 spiro atoms. The second-order valence-electron chi connectivity index (χ2n) is 3.76. The molecule has 0 aromatic heterocycles. The Hall–Kier alpha value is -2.51. The lowest BCUT2D eigenvalue weighted by atomic mass is 10.2. The van der Waals surface area contributed by atoms with Crippen molar-refractivity contribution in [2.75, 3.05) is 11.9 Å². The molecule has 0 bridgehead atoms. The van der Waals surface area contributed by atoms with E-state index < -0.39 is 29.4 Å². The Kier molecular flexibility index (Phi) is 5.34. The third-order valence-corrected chi connectivity index (χ3v) is 2.27. The van der Waals surface area contributed by atoms with Crippen molar-refractivity contribution < 1.29 is 32.6 Å². The Labute approximate surface area is 118 Å². The van der Waals surface area contributed by atoms with Gasteiger partial charge in [-0.05, 0) is 19.1 Å². The summed E-state index contributed by atoms with van der Waals surface area (Å²) in [6, 6.07) is 7.10. The molecular weight excluding hydrogens is 291 g/mol. The summed E-state index contributed by atoms with van der Waals surface area (Å²) in [5.41, 5.74) is -3.18. The molecule has 0 radical (unpaired) electrons. The van der Waals surface area contributed by atoms with Gasteiger partial charge in [0.15, 0.2) is 5.57 Å². The Bertz CT molecular complexity index is 552. The van der Waals surface area contributed by atoms with Crippen molar-refractivity contribution in [3.8, 4) is 0 Å². The SMILES string of the molecule is CCOC(=O)C(C(=O)O)=C(Nc1ccccc1)C(F)(F)F. The molecule has 0 fully saturated rings. The van der Waals surface area contributed by atoms with E-state index in [9.17, 15) is 22.8 Å². The summed E-state index contributed by atoms with van der Waals surface area (Å²) < 4.78 is 43.4. The first kappa shape index (κ1) is 16.5. The number of allylic oxidation sites excluding steroid dienone is 1. The fourth-order valence-electron chi connectivity index (χ4n) is 1.44. The average molecular weight is 303 g/mol. The average Bonchev–Trinajstić information content (AvgIpc) is 2.38. The molecule has 0 aliphatic carbocycles. The highest BCUT2D eigenvalue weighted by Crippen LogP contribution is 2.30. The van der Waals surface area contributed by atoms with Crippen molar-refractivity contribution in [2.24, 2.45) is 0 Å². The van der Waals surface area contributed by atoms with Crippen LogP contribution in [0.5, 0.6) is 0 Å². The summed E-state index contributed by atoms with van der Waals surface area (Å²) >= 11 is 0. The number of nitrogens with one attached hydrogen (secondary N) is 1. The zero-order chi connectivity index (χ0) is 16.0. The second-order valence-corrected chi connectivity index (χ2v) is 3.76. The predicted molar refractivity (Wildman–Crippen MR) is 67.4 cm³/mol. The van der Waals surface area contributed by atoms with Crippen LogP contribution in [0.3, 0.4) is 0 Å². The standard InChI is InChI=1S/C13H12F3NO4/c1-2-21-12(20)9(11(18)19)10(13(14,15)16)17-8-6-4-3-5-7-8/h3-7,17H,2H2,1H3,(H,18,19).